The Morgan fingerprint density at radius 3 is 2.26 bits per heavy atom. The molecule has 0 unspecified atom stereocenters. The van der Waals surface area contributed by atoms with Gasteiger partial charge in [0.25, 0.3) is 14.7 Å². The highest BCUT2D eigenvalue weighted by molar-refractivity contribution is 8.13. The maximum absolute atomic E-state index is 12.1. The van der Waals surface area contributed by atoms with E-state index >= 15 is 0 Å². The molecule has 11 heteroatoms. The Morgan fingerprint density at radius 1 is 1.37 bits per heavy atom. The van der Waals surface area contributed by atoms with Crippen molar-refractivity contribution in [1.82, 2.24) is 0 Å². The molecule has 1 aromatic rings. The van der Waals surface area contributed by atoms with Gasteiger partial charge in [0.15, 0.2) is 0 Å². The minimum Gasteiger partial charge on any atom is -0.404 e. The average molecular weight is 320 g/mol. The number of rotatable bonds is 3. The fourth-order valence-corrected chi connectivity index (χ4v) is 2.20. The van der Waals surface area contributed by atoms with Crippen LogP contribution in [-0.2, 0) is 9.05 Å². The van der Waals surface area contributed by atoms with Gasteiger partial charge in [-0.25, -0.2) is 8.42 Å². The highest BCUT2D eigenvalue weighted by atomic mass is 35.7. The Labute approximate surface area is 109 Å². The van der Waals surface area contributed by atoms with Gasteiger partial charge in [0.05, 0.1) is 4.92 Å². The molecule has 0 aliphatic heterocycles. The Kier molecular flexibility index (Phi) is 3.96. The quantitative estimate of drug-likeness (QED) is 0.485. The van der Waals surface area contributed by atoms with Crippen LogP contribution in [-0.4, -0.2) is 19.7 Å². The van der Waals surface area contributed by atoms with Gasteiger partial charge in [0.1, 0.15) is 10.6 Å². The van der Waals surface area contributed by atoms with Crippen molar-refractivity contribution in [3.05, 3.63) is 27.8 Å². The Bertz CT molecular complexity index is 628. The second-order valence-corrected chi connectivity index (χ2v) is 5.86. The molecular weight excluding hydrogens is 315 g/mol. The molecule has 1 aromatic carbocycles. The molecule has 0 aromatic heterocycles. The third kappa shape index (κ3) is 3.96. The first kappa shape index (κ1) is 15.5. The standard InChI is InChI=1S/C8H5ClF3NO5S/c1-4-2-6(18-8(10,11)12)7(19(9,16)17)3-5(4)13(14)15/h2-3H,1H3. The number of benzene rings is 1. The smallest absolute Gasteiger partial charge is 0.404 e. The summed E-state index contributed by atoms with van der Waals surface area (Å²) >= 11 is 0. The molecule has 0 bridgehead atoms. The van der Waals surface area contributed by atoms with Gasteiger partial charge in [-0.15, -0.1) is 13.2 Å². The van der Waals surface area contributed by atoms with Crippen molar-refractivity contribution in [2.24, 2.45) is 0 Å². The third-order valence-electron chi connectivity index (χ3n) is 1.95. The molecule has 1 rings (SSSR count). The van der Waals surface area contributed by atoms with Crippen LogP contribution in [0, 0.1) is 17.0 Å². The molecule has 0 spiro atoms. The highest BCUT2D eigenvalue weighted by Crippen LogP contribution is 2.36. The molecule has 0 radical (unpaired) electrons. The fraction of sp³-hybridized carbons (Fsp3) is 0.250. The zero-order valence-electron chi connectivity index (χ0n) is 9.06. The van der Waals surface area contributed by atoms with Crippen LogP contribution in [0.1, 0.15) is 5.56 Å². The van der Waals surface area contributed by atoms with E-state index in [1.165, 1.54) is 0 Å². The summed E-state index contributed by atoms with van der Waals surface area (Å²) in [5.41, 5.74) is -0.887. The molecule has 0 atom stereocenters. The minimum absolute atomic E-state index is 0.201. The van der Waals surface area contributed by atoms with Crippen molar-refractivity contribution in [1.29, 1.82) is 0 Å². The predicted octanol–water partition coefficient (Wildman–Crippen LogP) is 2.73. The summed E-state index contributed by atoms with van der Waals surface area (Å²) in [5.74, 6) is -1.12. The third-order valence-corrected chi connectivity index (χ3v) is 3.29. The SMILES string of the molecule is Cc1cc(OC(F)(F)F)c(S(=O)(=O)Cl)cc1[N+](=O)[O-]. The van der Waals surface area contributed by atoms with Crippen molar-refractivity contribution in [2.75, 3.05) is 0 Å². The highest BCUT2D eigenvalue weighted by Gasteiger charge is 2.35. The number of halogens is 4. The van der Waals surface area contributed by atoms with E-state index in [0.29, 0.717) is 12.1 Å². The number of hydrogen-bond acceptors (Lipinski definition) is 5. The zero-order valence-corrected chi connectivity index (χ0v) is 10.6. The van der Waals surface area contributed by atoms with Gasteiger partial charge in [-0.2, -0.15) is 0 Å². The molecule has 0 saturated heterocycles. The summed E-state index contributed by atoms with van der Waals surface area (Å²) < 4.78 is 62.1. The number of nitro benzene ring substituents is 1. The van der Waals surface area contributed by atoms with Crippen molar-refractivity contribution in [2.45, 2.75) is 18.2 Å². The van der Waals surface area contributed by atoms with Gasteiger partial charge in [0.2, 0.25) is 0 Å². The summed E-state index contributed by atoms with van der Waals surface area (Å²) in [7, 11) is 0.288. The summed E-state index contributed by atoms with van der Waals surface area (Å²) in [6, 6.07) is 1.000. The first-order chi connectivity index (χ1) is 8.42. The lowest BCUT2D eigenvalue weighted by molar-refractivity contribution is -0.385. The summed E-state index contributed by atoms with van der Waals surface area (Å²) in [6.07, 6.45) is -5.15. The van der Waals surface area contributed by atoms with Crippen molar-refractivity contribution in [3.8, 4) is 5.75 Å². The first-order valence-electron chi connectivity index (χ1n) is 4.41. The van der Waals surface area contributed by atoms with Crippen LogP contribution < -0.4 is 4.74 Å². The Hall–Kier alpha value is -1.55. The Morgan fingerprint density at radius 2 is 1.89 bits per heavy atom. The average Bonchev–Trinajstić information content (AvgIpc) is 2.11. The molecule has 0 N–H and O–H groups in total. The molecule has 0 saturated carbocycles. The van der Waals surface area contributed by atoms with E-state index in [0.717, 1.165) is 6.92 Å². The number of nitrogens with zero attached hydrogens (tertiary/aromatic N) is 1. The van der Waals surface area contributed by atoms with Crippen LogP contribution in [0.5, 0.6) is 5.75 Å². The first-order valence-corrected chi connectivity index (χ1v) is 6.72. The number of ether oxygens (including phenoxy) is 1. The summed E-state index contributed by atoms with van der Waals surface area (Å²) in [4.78, 5) is 8.53. The Balaban J connectivity index is 3.55. The number of aryl methyl sites for hydroxylation is 1. The van der Waals surface area contributed by atoms with Crippen molar-refractivity contribution >= 4 is 25.4 Å². The molecule has 0 aliphatic carbocycles. The second kappa shape index (κ2) is 4.85. The van der Waals surface area contributed by atoms with Gasteiger partial charge >= 0.3 is 6.36 Å². The molecule has 0 heterocycles. The monoisotopic (exact) mass is 319 g/mol. The van der Waals surface area contributed by atoms with E-state index in [4.69, 9.17) is 10.7 Å². The lowest BCUT2D eigenvalue weighted by Crippen LogP contribution is -2.18. The van der Waals surface area contributed by atoms with E-state index in [-0.39, 0.29) is 5.56 Å². The van der Waals surface area contributed by atoms with Gasteiger partial charge in [-0.3, -0.25) is 10.1 Å². The summed E-state index contributed by atoms with van der Waals surface area (Å²) in [5, 5.41) is 10.6. The van der Waals surface area contributed by atoms with E-state index in [1.807, 2.05) is 0 Å². The lowest BCUT2D eigenvalue weighted by Gasteiger charge is -2.12. The fourth-order valence-electron chi connectivity index (χ4n) is 1.24. The predicted molar refractivity (Wildman–Crippen MR) is 57.6 cm³/mol. The zero-order chi connectivity index (χ0) is 15.0. The number of nitro groups is 1. The van der Waals surface area contributed by atoms with E-state index in [2.05, 4.69) is 4.74 Å². The molecule has 19 heavy (non-hydrogen) atoms. The van der Waals surface area contributed by atoms with Crippen LogP contribution in [0.25, 0.3) is 0 Å². The minimum atomic E-state index is -5.15. The molecule has 6 nitrogen and oxygen atoms in total. The van der Waals surface area contributed by atoms with Crippen molar-refractivity contribution in [3.63, 3.8) is 0 Å². The number of alkyl halides is 3. The van der Waals surface area contributed by atoms with E-state index in [1.54, 1.807) is 0 Å². The van der Waals surface area contributed by atoms with Crippen LogP contribution in [0.15, 0.2) is 17.0 Å². The normalized spacial score (nSPS) is 12.3. The van der Waals surface area contributed by atoms with Crippen LogP contribution >= 0.6 is 10.7 Å². The van der Waals surface area contributed by atoms with Gasteiger partial charge in [-0.05, 0) is 13.0 Å². The topological polar surface area (TPSA) is 86.5 Å². The van der Waals surface area contributed by atoms with Gasteiger partial charge < -0.3 is 4.74 Å². The molecule has 0 amide bonds. The molecule has 106 valence electrons. The van der Waals surface area contributed by atoms with Crippen molar-refractivity contribution < 1.29 is 31.2 Å². The van der Waals surface area contributed by atoms with E-state index in [9.17, 15) is 31.7 Å². The molecule has 0 aliphatic rings. The summed E-state index contributed by atoms with van der Waals surface area (Å²) in [6.45, 7) is 1.13. The second-order valence-electron chi connectivity index (χ2n) is 3.33. The number of hydrogen-bond donors (Lipinski definition) is 0. The van der Waals surface area contributed by atoms with Crippen LogP contribution in [0.2, 0.25) is 0 Å². The van der Waals surface area contributed by atoms with E-state index < -0.39 is 36.7 Å². The van der Waals surface area contributed by atoms with Gasteiger partial charge in [-0.1, -0.05) is 0 Å². The maximum atomic E-state index is 12.1. The lowest BCUT2D eigenvalue weighted by atomic mass is 10.2. The largest absolute Gasteiger partial charge is 0.573 e. The maximum Gasteiger partial charge on any atom is 0.573 e. The van der Waals surface area contributed by atoms with Gasteiger partial charge in [0, 0.05) is 22.3 Å². The van der Waals surface area contributed by atoms with Crippen LogP contribution in [0.3, 0.4) is 0 Å². The molecule has 0 fully saturated rings. The molecular formula is C8H5ClF3NO5S. The van der Waals surface area contributed by atoms with Crippen LogP contribution in [0.4, 0.5) is 18.9 Å².